The largest absolute Gasteiger partial charge is 0.481 e. The van der Waals surface area contributed by atoms with Gasteiger partial charge in [-0.3, -0.25) is 9.59 Å². The van der Waals surface area contributed by atoms with Crippen molar-refractivity contribution in [1.29, 1.82) is 0 Å². The third kappa shape index (κ3) is 2.52. The number of nitrogens with one attached hydrogen (secondary N) is 1. The van der Waals surface area contributed by atoms with Crippen LogP contribution >= 0.6 is 0 Å². The molecule has 0 bridgehead atoms. The first-order chi connectivity index (χ1) is 11.6. The van der Waals surface area contributed by atoms with Gasteiger partial charge in [0.2, 0.25) is 5.91 Å². The van der Waals surface area contributed by atoms with Crippen molar-refractivity contribution in [3.05, 3.63) is 35.4 Å². The van der Waals surface area contributed by atoms with E-state index in [1.807, 2.05) is 0 Å². The van der Waals surface area contributed by atoms with Crippen LogP contribution in [0.1, 0.15) is 56.1 Å². The van der Waals surface area contributed by atoms with E-state index in [1.165, 1.54) is 11.1 Å². The first-order valence-electron chi connectivity index (χ1n) is 9.23. The summed E-state index contributed by atoms with van der Waals surface area (Å²) in [6.45, 7) is 0. The van der Waals surface area contributed by atoms with E-state index in [4.69, 9.17) is 0 Å². The molecule has 0 heterocycles. The normalized spacial score (nSPS) is 34.4. The van der Waals surface area contributed by atoms with Crippen molar-refractivity contribution in [2.24, 2.45) is 11.8 Å². The lowest BCUT2D eigenvalue weighted by Crippen LogP contribution is -2.44. The van der Waals surface area contributed by atoms with Crippen molar-refractivity contribution >= 4 is 11.9 Å². The van der Waals surface area contributed by atoms with Crippen LogP contribution in [-0.2, 0) is 21.4 Å². The highest BCUT2D eigenvalue weighted by molar-refractivity contribution is 5.86. The van der Waals surface area contributed by atoms with Gasteiger partial charge in [0.05, 0.1) is 5.92 Å². The number of hydrogen-bond donors (Lipinski definition) is 2. The molecular weight excluding hydrogens is 302 g/mol. The lowest BCUT2D eigenvalue weighted by Gasteiger charge is -2.23. The first-order valence-corrected chi connectivity index (χ1v) is 9.23. The number of fused-ring (bicyclic) bond motifs is 2. The molecule has 4 heteroatoms. The molecule has 0 aliphatic heterocycles. The third-order valence-corrected chi connectivity index (χ3v) is 6.45. The zero-order valence-electron chi connectivity index (χ0n) is 14.0. The fraction of sp³-hybridized carbons (Fsp3) is 0.600. The average molecular weight is 327 g/mol. The second-order valence-electron chi connectivity index (χ2n) is 7.77. The number of aliphatic carboxylic acids is 1. The molecule has 24 heavy (non-hydrogen) atoms. The molecule has 128 valence electrons. The van der Waals surface area contributed by atoms with Crippen molar-refractivity contribution in [3.63, 3.8) is 0 Å². The van der Waals surface area contributed by atoms with E-state index in [0.29, 0.717) is 6.42 Å². The minimum atomic E-state index is -0.765. The fourth-order valence-corrected chi connectivity index (χ4v) is 5.00. The molecule has 2 fully saturated rings. The summed E-state index contributed by atoms with van der Waals surface area (Å²) in [5.74, 6) is -1.09. The summed E-state index contributed by atoms with van der Waals surface area (Å²) in [6, 6.07) is 8.26. The Morgan fingerprint density at radius 1 is 1.12 bits per heavy atom. The monoisotopic (exact) mass is 327 g/mol. The van der Waals surface area contributed by atoms with Crippen molar-refractivity contribution in [3.8, 4) is 0 Å². The van der Waals surface area contributed by atoms with E-state index in [0.717, 1.165) is 44.9 Å². The van der Waals surface area contributed by atoms with Gasteiger partial charge in [-0.05, 0) is 43.2 Å². The molecule has 4 atom stereocenters. The summed E-state index contributed by atoms with van der Waals surface area (Å²) < 4.78 is 0. The Balaban J connectivity index is 1.47. The zero-order chi connectivity index (χ0) is 16.7. The number of rotatable bonds is 3. The van der Waals surface area contributed by atoms with Crippen LogP contribution in [0.3, 0.4) is 0 Å². The highest BCUT2D eigenvalue weighted by Gasteiger charge is 2.61. The maximum atomic E-state index is 12.8. The van der Waals surface area contributed by atoms with Crippen LogP contribution in [0.25, 0.3) is 0 Å². The summed E-state index contributed by atoms with van der Waals surface area (Å²) in [6.07, 6.45) is 7.52. The Kier molecular flexibility index (Phi) is 3.86. The van der Waals surface area contributed by atoms with Crippen molar-refractivity contribution in [1.82, 2.24) is 5.32 Å². The van der Waals surface area contributed by atoms with Crippen molar-refractivity contribution < 1.29 is 14.7 Å². The lowest BCUT2D eigenvalue weighted by molar-refractivity contribution is -0.143. The minimum Gasteiger partial charge on any atom is -0.481 e. The summed E-state index contributed by atoms with van der Waals surface area (Å²) in [5, 5.41) is 12.6. The fourth-order valence-electron chi connectivity index (χ4n) is 5.00. The van der Waals surface area contributed by atoms with Gasteiger partial charge in [0.25, 0.3) is 0 Å². The SMILES string of the molecule is O=C(N[C@H]1CCCCC[C@H]1C(=O)O)C1CC12CCc1ccccc12. The number of carbonyl (C=O) groups excluding carboxylic acids is 1. The van der Waals surface area contributed by atoms with E-state index in [9.17, 15) is 14.7 Å². The highest BCUT2D eigenvalue weighted by Crippen LogP contribution is 2.61. The summed E-state index contributed by atoms with van der Waals surface area (Å²) in [7, 11) is 0. The number of carboxylic acids is 1. The number of hydrogen-bond acceptors (Lipinski definition) is 2. The molecule has 1 aromatic rings. The van der Waals surface area contributed by atoms with Gasteiger partial charge < -0.3 is 10.4 Å². The van der Waals surface area contributed by atoms with Gasteiger partial charge in [0, 0.05) is 17.4 Å². The van der Waals surface area contributed by atoms with Crippen LogP contribution in [0.4, 0.5) is 0 Å². The smallest absolute Gasteiger partial charge is 0.308 e. The Hall–Kier alpha value is -1.84. The molecule has 2 N–H and O–H groups in total. The van der Waals surface area contributed by atoms with Crippen LogP contribution in [0, 0.1) is 11.8 Å². The molecule has 0 aromatic heterocycles. The van der Waals surface area contributed by atoms with Gasteiger partial charge in [-0.25, -0.2) is 0 Å². The Morgan fingerprint density at radius 3 is 2.75 bits per heavy atom. The maximum absolute atomic E-state index is 12.8. The quantitative estimate of drug-likeness (QED) is 0.839. The summed E-state index contributed by atoms with van der Waals surface area (Å²) in [5.41, 5.74) is 2.76. The van der Waals surface area contributed by atoms with Gasteiger partial charge in [-0.15, -0.1) is 0 Å². The number of aryl methyl sites for hydroxylation is 1. The van der Waals surface area contributed by atoms with Gasteiger partial charge >= 0.3 is 5.97 Å². The molecule has 4 rings (SSSR count). The number of carboxylic acid groups (broad SMARTS) is 1. The minimum absolute atomic E-state index is 0.0267. The van der Waals surface area contributed by atoms with Crippen LogP contribution in [0.15, 0.2) is 24.3 Å². The molecule has 2 saturated carbocycles. The second-order valence-corrected chi connectivity index (χ2v) is 7.77. The Morgan fingerprint density at radius 2 is 1.92 bits per heavy atom. The van der Waals surface area contributed by atoms with E-state index in [1.54, 1.807) is 0 Å². The molecule has 2 unspecified atom stereocenters. The molecule has 3 aliphatic rings. The Labute approximate surface area is 142 Å². The predicted molar refractivity (Wildman–Crippen MR) is 90.7 cm³/mol. The Bertz CT molecular complexity index is 671. The van der Waals surface area contributed by atoms with E-state index in [2.05, 4.69) is 29.6 Å². The molecule has 1 aromatic carbocycles. The standard InChI is InChI=1S/C20H25NO3/c22-18(21-17-9-3-1-2-7-14(17)19(23)24)16-12-20(16)11-10-13-6-4-5-8-15(13)20/h4-6,8,14,16-17H,1-3,7,9-12H2,(H,21,22)(H,23,24)/t14-,16?,17+,20?/m1/s1. The second kappa shape index (κ2) is 5.91. The molecule has 0 radical (unpaired) electrons. The molecule has 3 aliphatic carbocycles. The molecule has 1 amide bonds. The molecule has 4 nitrogen and oxygen atoms in total. The topological polar surface area (TPSA) is 66.4 Å². The van der Waals surface area contributed by atoms with Crippen LogP contribution in [0.5, 0.6) is 0 Å². The third-order valence-electron chi connectivity index (χ3n) is 6.45. The van der Waals surface area contributed by atoms with Crippen molar-refractivity contribution in [2.75, 3.05) is 0 Å². The summed E-state index contributed by atoms with van der Waals surface area (Å²) >= 11 is 0. The molecular formula is C20H25NO3. The lowest BCUT2D eigenvalue weighted by atomic mass is 9.93. The van der Waals surface area contributed by atoms with E-state index in [-0.39, 0.29) is 23.3 Å². The van der Waals surface area contributed by atoms with Gasteiger partial charge in [0.1, 0.15) is 0 Å². The van der Waals surface area contributed by atoms with Crippen LogP contribution in [0.2, 0.25) is 0 Å². The first kappa shape index (κ1) is 15.7. The van der Waals surface area contributed by atoms with E-state index >= 15 is 0 Å². The average Bonchev–Trinajstić information content (AvgIpc) is 3.25. The predicted octanol–water partition coefficient (Wildman–Crippen LogP) is 3.04. The molecule has 0 saturated heterocycles. The van der Waals surface area contributed by atoms with Gasteiger partial charge in [-0.1, -0.05) is 43.5 Å². The zero-order valence-corrected chi connectivity index (χ0v) is 14.0. The van der Waals surface area contributed by atoms with Crippen LogP contribution in [-0.4, -0.2) is 23.0 Å². The summed E-state index contributed by atoms with van der Waals surface area (Å²) in [4.78, 5) is 24.4. The van der Waals surface area contributed by atoms with Gasteiger partial charge in [-0.2, -0.15) is 0 Å². The number of amides is 1. The number of carbonyl (C=O) groups is 2. The van der Waals surface area contributed by atoms with Crippen molar-refractivity contribution in [2.45, 2.75) is 62.8 Å². The highest BCUT2D eigenvalue weighted by atomic mass is 16.4. The van der Waals surface area contributed by atoms with Gasteiger partial charge in [0.15, 0.2) is 0 Å². The van der Waals surface area contributed by atoms with E-state index < -0.39 is 11.9 Å². The number of benzene rings is 1. The molecule has 1 spiro atoms. The van der Waals surface area contributed by atoms with Crippen LogP contribution < -0.4 is 5.32 Å². The maximum Gasteiger partial charge on any atom is 0.308 e.